The average Bonchev–Trinajstić information content (AvgIpc) is 3.82. The number of likely N-dealkylation sites (tertiary alicyclic amines) is 1. The number of alkyl halides is 2. The maximum Gasteiger partial charge on any atom is 0.306 e. The maximum absolute atomic E-state index is 13.8. The number of amides is 5. The van der Waals surface area contributed by atoms with Gasteiger partial charge in [-0.3, -0.25) is 43.7 Å². The maximum atomic E-state index is 13.8. The van der Waals surface area contributed by atoms with Crippen molar-refractivity contribution < 1.29 is 67.1 Å². The Morgan fingerprint density at radius 2 is 1.69 bits per heavy atom. The number of nitrogens with two attached hydrogens (primary N) is 1. The molecule has 5 amide bonds. The molecule has 0 saturated carbocycles. The standard InChI is InChI=1S/C53H59F2N11O12S2/c1-29-48(72)47(42(25-67)78-52(29)75)65-50(74)41(64-44(69)10-9-43(68)61-23-35-16-31(11-13-58-35)49(73)62-24-45(70)66-28-53(54,55)19-36(66)20-56)27-80-79-15-3-4-46(71)77-26-34-7-5-32(21-60-34)37-12-14-59-40-8-6-30(17-38(37)40)33-18-39(57)51(76-2)63-22-33/h5-8,11-14,16-18,21-22,29,36,41-42,47-48,52,67,72,75H,3-4,9-10,15,19,23-28,57H2,1-2H3,(H,61,68)(H,62,73)(H,64,69)(H,65,74)/t29-,36-,41?,42-,47-,48-,52?/m0/s1. The Morgan fingerprint density at radius 1 is 0.925 bits per heavy atom. The number of aromatic nitrogens is 4. The van der Waals surface area contributed by atoms with Crippen LogP contribution in [0.25, 0.3) is 33.2 Å². The molecule has 2 aliphatic rings. The van der Waals surface area contributed by atoms with Crippen LogP contribution in [0.1, 0.15) is 60.8 Å². The Kier molecular flexibility index (Phi) is 21.0. The quantitative estimate of drug-likeness (QED) is 0.0250. The zero-order chi connectivity index (χ0) is 57.5. The first-order valence-corrected chi connectivity index (χ1v) is 27.7. The molecule has 2 aliphatic heterocycles. The van der Waals surface area contributed by atoms with E-state index in [9.17, 15) is 58.1 Å². The lowest BCUT2D eigenvalue weighted by molar-refractivity contribution is -0.238. The summed E-state index contributed by atoms with van der Waals surface area (Å²) in [6, 6.07) is 13.8. The summed E-state index contributed by atoms with van der Waals surface area (Å²) >= 11 is 0. The number of nitriles is 1. The number of fused-ring (bicyclic) bond motifs is 1. The zero-order valence-electron chi connectivity index (χ0n) is 43.4. The Hall–Kier alpha value is -7.61. The number of pyridine rings is 4. The van der Waals surface area contributed by atoms with E-state index < -0.39 is 110 Å². The number of esters is 1. The van der Waals surface area contributed by atoms with Crippen LogP contribution in [0.5, 0.6) is 5.88 Å². The van der Waals surface area contributed by atoms with Crippen LogP contribution in [0.15, 0.2) is 79.4 Å². The van der Waals surface area contributed by atoms with Gasteiger partial charge in [0.1, 0.15) is 24.8 Å². The first kappa shape index (κ1) is 60.0. The van der Waals surface area contributed by atoms with Crippen LogP contribution in [0.4, 0.5) is 14.5 Å². The third kappa shape index (κ3) is 16.0. The second kappa shape index (κ2) is 28.0. The topological polar surface area (TPSA) is 344 Å². The highest BCUT2D eigenvalue weighted by Gasteiger charge is 2.47. The first-order valence-electron chi connectivity index (χ1n) is 25.2. The van der Waals surface area contributed by atoms with E-state index in [1.165, 1.54) is 54.0 Å². The first-order chi connectivity index (χ1) is 38.4. The fraction of sp³-hybridized carbons (Fsp3) is 0.415. The van der Waals surface area contributed by atoms with Gasteiger partial charge in [0.2, 0.25) is 29.5 Å². The molecule has 0 radical (unpaired) electrons. The van der Waals surface area contributed by atoms with E-state index in [1.54, 1.807) is 36.8 Å². The van der Waals surface area contributed by atoms with Crippen molar-refractivity contribution in [3.63, 3.8) is 0 Å². The molecule has 7 rings (SSSR count). The second-order valence-electron chi connectivity index (χ2n) is 18.8. The number of carbonyl (C=O) groups is 6. The molecule has 2 fully saturated rings. The molecular formula is C53H59F2N11O12S2. The molecule has 1 aromatic carbocycles. The highest BCUT2D eigenvalue weighted by molar-refractivity contribution is 8.76. The summed E-state index contributed by atoms with van der Waals surface area (Å²) in [4.78, 5) is 96.0. The fourth-order valence-electron chi connectivity index (χ4n) is 8.65. The van der Waals surface area contributed by atoms with Crippen LogP contribution in [0.3, 0.4) is 0 Å². The molecule has 424 valence electrons. The monoisotopic (exact) mass is 1140 g/mol. The summed E-state index contributed by atoms with van der Waals surface area (Å²) in [5.74, 6) is -7.32. The number of anilines is 1. The summed E-state index contributed by atoms with van der Waals surface area (Å²) in [5, 5.41) is 51.2. The summed E-state index contributed by atoms with van der Waals surface area (Å²) in [6.45, 7) is -0.948. The van der Waals surface area contributed by atoms with Crippen molar-refractivity contribution in [2.75, 3.05) is 44.0 Å². The average molecular weight is 1140 g/mol. The molecular weight excluding hydrogens is 1080 g/mol. The number of hydrogen-bond donors (Lipinski definition) is 8. The minimum Gasteiger partial charge on any atom is -0.480 e. The Morgan fingerprint density at radius 3 is 2.42 bits per heavy atom. The molecule has 0 spiro atoms. The molecule has 5 aromatic rings. The lowest BCUT2D eigenvalue weighted by atomic mass is 9.90. The molecule has 6 heterocycles. The number of rotatable bonds is 24. The summed E-state index contributed by atoms with van der Waals surface area (Å²) in [7, 11) is 4.04. The van der Waals surface area contributed by atoms with Gasteiger partial charge in [-0.1, -0.05) is 40.6 Å². The smallest absolute Gasteiger partial charge is 0.306 e. The fourth-order valence-corrected chi connectivity index (χ4v) is 10.9. The Bertz CT molecular complexity index is 3090. The highest BCUT2D eigenvalue weighted by atomic mass is 33.1. The van der Waals surface area contributed by atoms with E-state index >= 15 is 0 Å². The number of benzene rings is 1. The summed E-state index contributed by atoms with van der Waals surface area (Å²) < 4.78 is 43.7. The normalized spacial score (nSPS) is 19.8. The number of nitrogen functional groups attached to an aromatic ring is 1. The Balaban J connectivity index is 0.856. The largest absolute Gasteiger partial charge is 0.480 e. The van der Waals surface area contributed by atoms with E-state index in [1.807, 2.05) is 30.3 Å². The number of nitrogens with one attached hydrogen (secondary N) is 4. The van der Waals surface area contributed by atoms with Crippen LogP contribution in [0, 0.1) is 17.2 Å². The van der Waals surface area contributed by atoms with Crippen LogP contribution < -0.4 is 31.7 Å². The minimum atomic E-state index is -3.22. The van der Waals surface area contributed by atoms with Gasteiger partial charge in [0.05, 0.1) is 74.2 Å². The summed E-state index contributed by atoms with van der Waals surface area (Å²) in [5.41, 5.74) is 11.5. The second-order valence-corrected chi connectivity index (χ2v) is 21.4. The van der Waals surface area contributed by atoms with Crippen molar-refractivity contribution in [3.05, 3.63) is 96.3 Å². The lowest BCUT2D eigenvalue weighted by Gasteiger charge is -2.41. The van der Waals surface area contributed by atoms with Crippen LogP contribution in [-0.2, 0) is 46.6 Å². The van der Waals surface area contributed by atoms with E-state index in [-0.39, 0.29) is 49.4 Å². The van der Waals surface area contributed by atoms with Gasteiger partial charge in [0.15, 0.2) is 6.29 Å². The van der Waals surface area contributed by atoms with Gasteiger partial charge >= 0.3 is 5.97 Å². The molecule has 0 aliphatic carbocycles. The van der Waals surface area contributed by atoms with Crippen LogP contribution in [0.2, 0.25) is 0 Å². The van der Waals surface area contributed by atoms with Gasteiger partial charge in [0.25, 0.3) is 11.8 Å². The number of hydrogen-bond acceptors (Lipinski definition) is 20. The SMILES string of the molecule is COc1ncc(-c2ccc3nccc(-c4ccc(COC(=O)CCCSSCC(NC(=O)CCC(=O)NCc5cc(C(=O)NCC(=O)N6CC(F)(F)C[C@H]6C#N)ccn5)C(=O)N[C@@H]5[C@@H](O)[C@H](C)C(O)O[C@H]5CO)nc4)c3c2)cc1N. The number of halogens is 2. The minimum absolute atomic E-state index is 0.00373. The van der Waals surface area contributed by atoms with Gasteiger partial charge in [-0.25, -0.2) is 13.8 Å². The molecule has 7 atom stereocenters. The molecule has 2 saturated heterocycles. The Labute approximate surface area is 465 Å². The van der Waals surface area contributed by atoms with Gasteiger partial charge in [-0.05, 0) is 60.0 Å². The van der Waals surface area contributed by atoms with E-state index in [0.29, 0.717) is 29.4 Å². The van der Waals surface area contributed by atoms with Crippen LogP contribution >= 0.6 is 21.6 Å². The number of aliphatic hydroxyl groups excluding tert-OH is 3. The number of methoxy groups -OCH3 is 1. The third-order valence-electron chi connectivity index (χ3n) is 13.1. The van der Waals surface area contributed by atoms with Crippen molar-refractivity contribution in [1.82, 2.24) is 46.1 Å². The molecule has 2 unspecified atom stereocenters. The predicted molar refractivity (Wildman–Crippen MR) is 288 cm³/mol. The van der Waals surface area contributed by atoms with Gasteiger partial charge in [-0.2, -0.15) is 5.26 Å². The number of carbonyl (C=O) groups excluding carboxylic acids is 6. The molecule has 0 bridgehead atoms. The van der Waals surface area contributed by atoms with Crippen molar-refractivity contribution in [1.29, 1.82) is 5.26 Å². The van der Waals surface area contributed by atoms with Crippen molar-refractivity contribution in [2.24, 2.45) is 5.92 Å². The van der Waals surface area contributed by atoms with Crippen molar-refractivity contribution >= 4 is 73.7 Å². The van der Waals surface area contributed by atoms with Crippen molar-refractivity contribution in [3.8, 4) is 34.2 Å². The third-order valence-corrected chi connectivity index (χ3v) is 15.6. The molecule has 4 aromatic heterocycles. The van der Waals surface area contributed by atoms with Crippen molar-refractivity contribution in [2.45, 2.75) is 94.7 Å². The van der Waals surface area contributed by atoms with Crippen LogP contribution in [-0.4, -0.2) is 157 Å². The molecule has 27 heteroatoms. The zero-order valence-corrected chi connectivity index (χ0v) is 45.0. The van der Waals surface area contributed by atoms with E-state index in [0.717, 1.165) is 38.1 Å². The van der Waals surface area contributed by atoms with E-state index in [2.05, 4.69) is 41.2 Å². The van der Waals surface area contributed by atoms with Gasteiger partial charge in [-0.15, -0.1) is 0 Å². The number of nitrogens with zero attached hydrogens (tertiary/aromatic N) is 6. The number of aliphatic hydroxyl groups is 3. The summed E-state index contributed by atoms with van der Waals surface area (Å²) in [6.07, 6.45) is 1.48. The highest BCUT2D eigenvalue weighted by Crippen LogP contribution is 2.34. The van der Waals surface area contributed by atoms with Gasteiger partial charge < -0.3 is 61.4 Å². The van der Waals surface area contributed by atoms with Gasteiger partial charge in [0, 0.05) is 90.0 Å². The lowest BCUT2D eigenvalue weighted by Crippen LogP contribution is -2.64. The number of ether oxygens (including phenoxy) is 3. The van der Waals surface area contributed by atoms with E-state index in [4.69, 9.17) is 19.9 Å². The molecule has 80 heavy (non-hydrogen) atoms. The predicted octanol–water partition coefficient (Wildman–Crippen LogP) is 2.81. The molecule has 23 nitrogen and oxygen atoms in total. The molecule has 9 N–H and O–H groups in total.